The lowest BCUT2D eigenvalue weighted by molar-refractivity contribution is -0.164. The van der Waals surface area contributed by atoms with Gasteiger partial charge in [-0.2, -0.15) is 0 Å². The van der Waals surface area contributed by atoms with Crippen molar-refractivity contribution in [3.8, 4) is 0 Å². The summed E-state index contributed by atoms with van der Waals surface area (Å²) >= 11 is 9.22. The Hall–Kier alpha value is -2.79. The summed E-state index contributed by atoms with van der Waals surface area (Å²) in [6, 6.07) is 17.0. The Morgan fingerprint density at radius 1 is 1.11 bits per heavy atom. The number of carbonyl (C=O) groups excluding carboxylic acids is 2. The van der Waals surface area contributed by atoms with Crippen LogP contribution in [0.25, 0.3) is 0 Å². The summed E-state index contributed by atoms with van der Waals surface area (Å²) in [5, 5.41) is 0.437. The Morgan fingerprint density at radius 3 is 2.51 bits per heavy atom. The molecule has 0 spiro atoms. The average Bonchev–Trinajstić information content (AvgIpc) is 2.81. The number of sulfonamides is 1. The first kappa shape index (κ1) is 25.3. The monoisotopic (exact) mass is 580 g/mol. The van der Waals surface area contributed by atoms with Gasteiger partial charge in [0.25, 0.3) is 15.9 Å². The Morgan fingerprint density at radius 2 is 1.83 bits per heavy atom. The van der Waals surface area contributed by atoms with E-state index in [-0.39, 0.29) is 11.4 Å². The Kier molecular flexibility index (Phi) is 7.56. The summed E-state index contributed by atoms with van der Waals surface area (Å²) in [5.41, 5.74) is 0.999. The van der Waals surface area contributed by atoms with Gasteiger partial charge in [-0.3, -0.25) is 9.59 Å². The first-order valence-electron chi connectivity index (χ1n) is 10.4. The molecule has 4 rings (SSSR count). The van der Waals surface area contributed by atoms with E-state index >= 15 is 0 Å². The number of carbonyl (C=O) groups is 2. The van der Waals surface area contributed by atoms with Crippen molar-refractivity contribution in [2.45, 2.75) is 23.6 Å². The molecule has 1 fully saturated rings. The third kappa shape index (κ3) is 5.90. The minimum absolute atomic E-state index is 0.0184. The Labute approximate surface area is 215 Å². The highest BCUT2D eigenvalue weighted by Crippen LogP contribution is 2.33. The van der Waals surface area contributed by atoms with Crippen LogP contribution in [0, 0.1) is 5.82 Å². The van der Waals surface area contributed by atoms with Crippen molar-refractivity contribution in [1.82, 2.24) is 9.62 Å². The van der Waals surface area contributed by atoms with E-state index in [1.165, 1.54) is 41.3 Å². The van der Waals surface area contributed by atoms with Crippen LogP contribution in [0.3, 0.4) is 0 Å². The van der Waals surface area contributed by atoms with E-state index in [1.54, 1.807) is 36.4 Å². The van der Waals surface area contributed by atoms with Crippen LogP contribution < -0.4 is 4.72 Å². The lowest BCUT2D eigenvalue weighted by Crippen LogP contribution is -2.54. The van der Waals surface area contributed by atoms with Gasteiger partial charge in [0.2, 0.25) is 5.91 Å². The molecular weight excluding hydrogens is 563 g/mol. The first-order chi connectivity index (χ1) is 16.6. The summed E-state index contributed by atoms with van der Waals surface area (Å²) in [4.78, 5) is 27.4. The maximum atomic E-state index is 13.8. The predicted octanol–water partition coefficient (Wildman–Crippen LogP) is 4.22. The smallest absolute Gasteiger partial charge is 0.265 e. The van der Waals surface area contributed by atoms with Crippen molar-refractivity contribution in [2.75, 3.05) is 6.61 Å². The molecule has 182 valence electrons. The van der Waals surface area contributed by atoms with E-state index in [0.29, 0.717) is 20.6 Å². The molecule has 0 unspecified atom stereocenters. The van der Waals surface area contributed by atoms with Crippen molar-refractivity contribution < 1.29 is 27.1 Å². The van der Waals surface area contributed by atoms with Crippen molar-refractivity contribution in [3.63, 3.8) is 0 Å². The molecule has 0 aliphatic carbocycles. The summed E-state index contributed by atoms with van der Waals surface area (Å²) in [7, 11) is -4.22. The fourth-order valence-electron chi connectivity index (χ4n) is 3.79. The fourth-order valence-corrected chi connectivity index (χ4v) is 5.51. The molecule has 3 aromatic carbocycles. The maximum Gasteiger partial charge on any atom is 0.265 e. The van der Waals surface area contributed by atoms with E-state index in [0.717, 1.165) is 0 Å². The SMILES string of the molecule is O=C(NS(=O)(=O)c1cccc(Br)c1)[C@@H]1OCC(=O)N(Cc2cccc(F)c2)[C@@H]1c1ccc(Cl)cc1. The second kappa shape index (κ2) is 10.4. The third-order valence-corrected chi connectivity index (χ3v) is 7.47. The van der Waals surface area contributed by atoms with E-state index in [9.17, 15) is 22.4 Å². The van der Waals surface area contributed by atoms with Gasteiger partial charge in [-0.25, -0.2) is 17.5 Å². The summed E-state index contributed by atoms with van der Waals surface area (Å²) < 4.78 is 47.6. The topological polar surface area (TPSA) is 92.8 Å². The minimum atomic E-state index is -4.22. The van der Waals surface area contributed by atoms with E-state index in [1.807, 2.05) is 0 Å². The van der Waals surface area contributed by atoms with Crippen molar-refractivity contribution in [2.24, 2.45) is 0 Å². The molecule has 0 bridgehead atoms. The lowest BCUT2D eigenvalue weighted by Gasteiger charge is -2.40. The highest BCUT2D eigenvalue weighted by molar-refractivity contribution is 9.10. The molecule has 0 aromatic heterocycles. The van der Waals surface area contributed by atoms with Crippen molar-refractivity contribution >= 4 is 49.4 Å². The molecule has 0 saturated carbocycles. The number of ether oxygens (including phenoxy) is 1. The quantitative estimate of drug-likeness (QED) is 0.471. The van der Waals surface area contributed by atoms with Crippen molar-refractivity contribution in [3.05, 3.63) is 99.2 Å². The molecular formula is C24H19BrClFN2O5S. The zero-order valence-electron chi connectivity index (χ0n) is 18.0. The largest absolute Gasteiger partial charge is 0.356 e. The highest BCUT2D eigenvalue weighted by Gasteiger charge is 2.43. The van der Waals surface area contributed by atoms with Crippen LogP contribution in [0.1, 0.15) is 17.2 Å². The predicted molar refractivity (Wildman–Crippen MR) is 130 cm³/mol. The van der Waals surface area contributed by atoms with Crippen LogP contribution in [0.5, 0.6) is 0 Å². The number of amides is 2. The van der Waals surface area contributed by atoms with Crippen LogP contribution in [0.15, 0.2) is 82.2 Å². The number of nitrogens with one attached hydrogen (secondary N) is 1. The molecule has 1 aliphatic rings. The molecule has 1 heterocycles. The molecule has 1 saturated heterocycles. The first-order valence-corrected chi connectivity index (χ1v) is 13.0. The van der Waals surface area contributed by atoms with E-state index in [4.69, 9.17) is 16.3 Å². The molecule has 0 radical (unpaired) electrons. The lowest BCUT2D eigenvalue weighted by atomic mass is 9.96. The molecule has 7 nitrogen and oxygen atoms in total. The number of halogens is 3. The van der Waals surface area contributed by atoms with Gasteiger partial charge in [0.1, 0.15) is 12.4 Å². The zero-order valence-corrected chi connectivity index (χ0v) is 21.2. The van der Waals surface area contributed by atoms with Crippen LogP contribution in [0.2, 0.25) is 5.02 Å². The fraction of sp³-hybridized carbons (Fsp3) is 0.167. The number of nitrogens with zero attached hydrogens (tertiary/aromatic N) is 1. The van der Waals surface area contributed by atoms with Gasteiger partial charge in [-0.05, 0) is 53.6 Å². The van der Waals surface area contributed by atoms with E-state index in [2.05, 4.69) is 20.7 Å². The van der Waals surface area contributed by atoms with Gasteiger partial charge < -0.3 is 9.64 Å². The molecule has 2 amide bonds. The van der Waals surface area contributed by atoms with Gasteiger partial charge >= 0.3 is 0 Å². The Balaban J connectivity index is 1.69. The standard InChI is InChI=1S/C24H19BrClFN2O5S/c25-17-4-2-6-20(12-17)35(32,33)28-24(31)23-22(16-7-9-18(26)10-8-16)29(21(30)14-34-23)13-15-3-1-5-19(27)11-15/h1-12,22-23H,13-14H2,(H,28,31)/t22-,23-/m1/s1. The van der Waals surface area contributed by atoms with Gasteiger partial charge in [0.05, 0.1) is 10.9 Å². The molecule has 3 aromatic rings. The van der Waals surface area contributed by atoms with Gasteiger partial charge in [-0.1, -0.05) is 57.9 Å². The molecule has 35 heavy (non-hydrogen) atoms. The number of hydrogen-bond acceptors (Lipinski definition) is 5. The molecule has 1 N–H and O–H groups in total. The molecule has 2 atom stereocenters. The second-order valence-electron chi connectivity index (χ2n) is 7.81. The third-order valence-electron chi connectivity index (χ3n) is 5.38. The second-order valence-corrected chi connectivity index (χ2v) is 10.8. The van der Waals surface area contributed by atoms with Crippen LogP contribution in [0.4, 0.5) is 4.39 Å². The summed E-state index contributed by atoms with van der Waals surface area (Å²) in [6.45, 7) is -0.468. The number of rotatable bonds is 6. The summed E-state index contributed by atoms with van der Waals surface area (Å²) in [6.07, 6.45) is -1.36. The molecule has 11 heteroatoms. The summed E-state index contributed by atoms with van der Waals surface area (Å²) in [5.74, 6) is -1.85. The van der Waals surface area contributed by atoms with Gasteiger partial charge in [0.15, 0.2) is 6.10 Å². The number of morpholine rings is 1. The van der Waals surface area contributed by atoms with Crippen LogP contribution in [-0.4, -0.2) is 37.8 Å². The Bertz CT molecular complexity index is 1370. The zero-order chi connectivity index (χ0) is 25.2. The van der Waals surface area contributed by atoms with Gasteiger partial charge in [-0.15, -0.1) is 0 Å². The maximum absolute atomic E-state index is 13.8. The van der Waals surface area contributed by atoms with Crippen molar-refractivity contribution in [1.29, 1.82) is 0 Å². The van der Waals surface area contributed by atoms with Gasteiger partial charge in [0, 0.05) is 16.0 Å². The normalized spacial score (nSPS) is 18.4. The van der Waals surface area contributed by atoms with E-state index < -0.39 is 46.4 Å². The van der Waals surface area contributed by atoms with Crippen LogP contribution >= 0.6 is 27.5 Å². The average molecular weight is 582 g/mol. The number of hydrogen-bond donors (Lipinski definition) is 1. The molecule has 1 aliphatic heterocycles. The van der Waals surface area contributed by atoms with Crippen LogP contribution in [-0.2, 0) is 30.9 Å². The minimum Gasteiger partial charge on any atom is -0.356 e. The number of benzene rings is 3. The highest BCUT2D eigenvalue weighted by atomic mass is 79.9.